The molecule has 8 heteroatoms. The number of rotatable bonds is 5. The Morgan fingerprint density at radius 3 is 2.81 bits per heavy atom. The molecule has 0 unspecified atom stereocenters. The first-order valence-corrected chi connectivity index (χ1v) is 9.85. The van der Waals surface area contributed by atoms with Crippen LogP contribution in [0, 0.1) is 0 Å². The largest absolute Gasteiger partial charge is 0.478 e. The van der Waals surface area contributed by atoms with Crippen LogP contribution in [0.1, 0.15) is 16.8 Å². The lowest BCUT2D eigenvalue weighted by molar-refractivity contribution is -0.120. The van der Waals surface area contributed by atoms with Gasteiger partial charge in [0.15, 0.2) is 0 Å². The monoisotopic (exact) mass is 388 g/mol. The molecule has 0 radical (unpaired) electrons. The third-order valence-corrected chi connectivity index (χ3v) is 5.75. The first kappa shape index (κ1) is 18.3. The molecule has 1 aliphatic heterocycles. The molecule has 1 aliphatic rings. The number of carbonyl (C=O) groups is 3. The zero-order valence-electron chi connectivity index (χ0n) is 13.8. The van der Waals surface area contributed by atoms with E-state index in [1.54, 1.807) is 23.9 Å². The van der Waals surface area contributed by atoms with Gasteiger partial charge in [-0.25, -0.2) is 4.79 Å². The van der Waals surface area contributed by atoms with Gasteiger partial charge in [-0.15, -0.1) is 23.5 Å². The van der Waals surface area contributed by atoms with Crippen LogP contribution in [-0.2, 0) is 9.59 Å². The Bertz CT molecular complexity index is 885. The van der Waals surface area contributed by atoms with Crippen LogP contribution in [0.3, 0.4) is 0 Å². The van der Waals surface area contributed by atoms with Gasteiger partial charge in [0.1, 0.15) is 0 Å². The van der Waals surface area contributed by atoms with Gasteiger partial charge < -0.3 is 15.7 Å². The molecule has 2 aromatic rings. The molecule has 0 aromatic heterocycles. The summed E-state index contributed by atoms with van der Waals surface area (Å²) in [6, 6.07) is 12.0. The highest BCUT2D eigenvalue weighted by molar-refractivity contribution is 8.01. The van der Waals surface area contributed by atoms with Crippen LogP contribution in [0.5, 0.6) is 0 Å². The molecule has 0 saturated heterocycles. The number of thioether (sulfide) groups is 2. The molecule has 2 aromatic carbocycles. The third-order valence-electron chi connectivity index (χ3n) is 3.77. The summed E-state index contributed by atoms with van der Waals surface area (Å²) in [6.07, 6.45) is 1.95. The van der Waals surface area contributed by atoms with Crippen LogP contribution in [0.4, 0.5) is 11.4 Å². The molecule has 134 valence electrons. The van der Waals surface area contributed by atoms with Crippen molar-refractivity contribution in [3.05, 3.63) is 48.0 Å². The van der Waals surface area contributed by atoms with Crippen LogP contribution in [0.15, 0.2) is 52.3 Å². The second-order valence-corrected chi connectivity index (χ2v) is 7.72. The summed E-state index contributed by atoms with van der Waals surface area (Å²) in [5, 5.41) is 14.0. The minimum atomic E-state index is -1.03. The number of nitrogens with one attached hydrogen (secondary N) is 2. The van der Waals surface area contributed by atoms with Crippen molar-refractivity contribution < 1.29 is 19.5 Å². The zero-order valence-corrected chi connectivity index (χ0v) is 15.4. The maximum Gasteiger partial charge on any atom is 0.335 e. The fourth-order valence-electron chi connectivity index (χ4n) is 2.49. The van der Waals surface area contributed by atoms with Gasteiger partial charge in [-0.3, -0.25) is 9.59 Å². The van der Waals surface area contributed by atoms with Crippen LogP contribution in [0.2, 0.25) is 0 Å². The third kappa shape index (κ3) is 4.20. The van der Waals surface area contributed by atoms with Gasteiger partial charge in [-0.2, -0.15) is 0 Å². The SMILES string of the molecule is CSc1cccc(NC(=O)C[C@@H]2Sc3cc(C(=O)O)ccc3NC2=O)c1. The molecule has 1 atom stereocenters. The minimum Gasteiger partial charge on any atom is -0.478 e. The van der Waals surface area contributed by atoms with Crippen molar-refractivity contribution in [2.75, 3.05) is 16.9 Å². The number of carboxylic acid groups (broad SMARTS) is 1. The highest BCUT2D eigenvalue weighted by Crippen LogP contribution is 2.37. The highest BCUT2D eigenvalue weighted by Gasteiger charge is 2.29. The predicted molar refractivity (Wildman–Crippen MR) is 103 cm³/mol. The van der Waals surface area contributed by atoms with E-state index in [0.717, 1.165) is 4.90 Å². The van der Waals surface area contributed by atoms with Gasteiger partial charge in [0.25, 0.3) is 0 Å². The normalized spacial score (nSPS) is 15.7. The Labute approximate surface area is 158 Å². The smallest absolute Gasteiger partial charge is 0.335 e. The number of hydrogen-bond acceptors (Lipinski definition) is 5. The predicted octanol–water partition coefficient (Wildman–Crippen LogP) is 3.55. The van der Waals surface area contributed by atoms with Crippen molar-refractivity contribution in [2.24, 2.45) is 0 Å². The van der Waals surface area contributed by atoms with E-state index in [2.05, 4.69) is 10.6 Å². The summed E-state index contributed by atoms with van der Waals surface area (Å²) in [5.41, 5.74) is 1.38. The molecule has 2 amide bonds. The van der Waals surface area contributed by atoms with E-state index in [4.69, 9.17) is 5.11 Å². The van der Waals surface area contributed by atoms with Crippen LogP contribution < -0.4 is 10.6 Å². The first-order chi connectivity index (χ1) is 12.5. The van der Waals surface area contributed by atoms with Crippen molar-refractivity contribution in [3.63, 3.8) is 0 Å². The Balaban J connectivity index is 1.69. The Morgan fingerprint density at radius 1 is 1.27 bits per heavy atom. The average molecular weight is 388 g/mol. The van der Waals surface area contributed by atoms with Gasteiger partial charge in [0, 0.05) is 21.9 Å². The van der Waals surface area contributed by atoms with Gasteiger partial charge in [0.05, 0.1) is 16.5 Å². The molecule has 0 spiro atoms. The summed E-state index contributed by atoms with van der Waals surface area (Å²) >= 11 is 2.78. The molecule has 1 heterocycles. The molecule has 0 aliphatic carbocycles. The van der Waals surface area contributed by atoms with Crippen LogP contribution in [0.25, 0.3) is 0 Å². The van der Waals surface area contributed by atoms with E-state index in [0.29, 0.717) is 16.3 Å². The number of aromatic carboxylic acids is 1. The van der Waals surface area contributed by atoms with Gasteiger partial charge in [-0.05, 0) is 42.7 Å². The van der Waals surface area contributed by atoms with Crippen molar-refractivity contribution in [3.8, 4) is 0 Å². The number of carbonyl (C=O) groups excluding carboxylic acids is 2. The van der Waals surface area contributed by atoms with Crippen molar-refractivity contribution in [1.82, 2.24) is 0 Å². The van der Waals surface area contributed by atoms with E-state index >= 15 is 0 Å². The summed E-state index contributed by atoms with van der Waals surface area (Å²) < 4.78 is 0. The first-order valence-electron chi connectivity index (χ1n) is 7.75. The molecular weight excluding hydrogens is 372 g/mol. The number of amides is 2. The Kier molecular flexibility index (Phi) is 5.53. The van der Waals surface area contributed by atoms with E-state index < -0.39 is 11.2 Å². The second kappa shape index (κ2) is 7.84. The van der Waals surface area contributed by atoms with Crippen molar-refractivity contribution in [1.29, 1.82) is 0 Å². The van der Waals surface area contributed by atoms with E-state index in [9.17, 15) is 14.4 Å². The van der Waals surface area contributed by atoms with Gasteiger partial charge in [0.2, 0.25) is 11.8 Å². The molecule has 0 bridgehead atoms. The topological polar surface area (TPSA) is 95.5 Å². The average Bonchev–Trinajstić information content (AvgIpc) is 2.62. The van der Waals surface area contributed by atoms with Gasteiger partial charge >= 0.3 is 5.97 Å². The quantitative estimate of drug-likeness (QED) is 0.678. The van der Waals surface area contributed by atoms with Gasteiger partial charge in [-0.1, -0.05) is 6.07 Å². The van der Waals surface area contributed by atoms with Crippen molar-refractivity contribution in [2.45, 2.75) is 21.5 Å². The molecule has 6 nitrogen and oxygen atoms in total. The number of fused-ring (bicyclic) bond motifs is 1. The molecule has 0 fully saturated rings. The van der Waals surface area contributed by atoms with Crippen LogP contribution in [-0.4, -0.2) is 34.4 Å². The van der Waals surface area contributed by atoms with Crippen LogP contribution >= 0.6 is 23.5 Å². The maximum atomic E-state index is 12.3. The fraction of sp³-hybridized carbons (Fsp3) is 0.167. The lowest BCUT2D eigenvalue weighted by atomic mass is 10.2. The molecule has 0 saturated carbocycles. The summed E-state index contributed by atoms with van der Waals surface area (Å²) in [4.78, 5) is 37.3. The minimum absolute atomic E-state index is 0.00324. The highest BCUT2D eigenvalue weighted by atomic mass is 32.2. The second-order valence-electron chi connectivity index (χ2n) is 5.60. The number of carboxylic acids is 1. The summed E-state index contributed by atoms with van der Waals surface area (Å²) in [6.45, 7) is 0. The van der Waals surface area contributed by atoms with E-state index in [1.165, 1.54) is 23.9 Å². The maximum absolute atomic E-state index is 12.3. The zero-order chi connectivity index (χ0) is 18.7. The lowest BCUT2D eigenvalue weighted by Crippen LogP contribution is -2.32. The lowest BCUT2D eigenvalue weighted by Gasteiger charge is -2.24. The number of hydrogen-bond donors (Lipinski definition) is 3. The fourth-order valence-corrected chi connectivity index (χ4v) is 4.10. The molecular formula is C18H16N2O4S2. The van der Waals surface area contributed by atoms with Crippen molar-refractivity contribution >= 4 is 52.7 Å². The van der Waals surface area contributed by atoms with E-state index in [1.807, 2.05) is 24.5 Å². The summed E-state index contributed by atoms with van der Waals surface area (Å²) in [5.74, 6) is -1.57. The Hall–Kier alpha value is -2.45. The molecule has 3 rings (SSSR count). The van der Waals surface area contributed by atoms with E-state index in [-0.39, 0.29) is 23.8 Å². The molecule has 3 N–H and O–H groups in total. The number of anilines is 2. The summed E-state index contributed by atoms with van der Waals surface area (Å²) in [7, 11) is 0. The molecule has 26 heavy (non-hydrogen) atoms. The standard InChI is InChI=1S/C18H16N2O4S2/c1-25-12-4-2-3-11(8-12)19-16(21)9-15-17(22)20-13-6-5-10(18(23)24)7-14(13)26-15/h2-8,15H,9H2,1H3,(H,19,21)(H,20,22)(H,23,24)/t15-/m0/s1. The number of benzene rings is 2. The Morgan fingerprint density at radius 2 is 2.08 bits per heavy atom.